The first-order chi connectivity index (χ1) is 5.06. The molecule has 1 aliphatic carbocycles. The van der Waals surface area contributed by atoms with Gasteiger partial charge in [0.25, 0.3) is 0 Å². The highest BCUT2D eigenvalue weighted by atomic mass is 16.1. The molecule has 0 radical (unpaired) electrons. The van der Waals surface area contributed by atoms with Crippen LogP contribution in [-0.4, -0.2) is 18.5 Å². The second-order valence-corrected chi connectivity index (χ2v) is 3.77. The summed E-state index contributed by atoms with van der Waals surface area (Å²) in [5.74, 6) is 0.338. The second-order valence-electron chi connectivity index (χ2n) is 3.77. The lowest BCUT2D eigenvalue weighted by Crippen LogP contribution is -2.32. The number of aliphatic imine (C=N–C) groups is 1. The van der Waals surface area contributed by atoms with Gasteiger partial charge in [-0.25, -0.2) is 0 Å². The molecular weight excluding hydrogens is 138 g/mol. The molecule has 1 saturated carbocycles. The Labute approximate surface area is 67.7 Å². The molecule has 62 valence electrons. The van der Waals surface area contributed by atoms with E-state index >= 15 is 0 Å². The molecule has 0 aromatic rings. The molecule has 0 bridgehead atoms. The van der Waals surface area contributed by atoms with Gasteiger partial charge in [-0.1, -0.05) is 13.8 Å². The lowest BCUT2D eigenvalue weighted by molar-refractivity contribution is -0.119. The van der Waals surface area contributed by atoms with E-state index in [2.05, 4.69) is 18.8 Å². The molecule has 1 fully saturated rings. The molecule has 0 aromatic carbocycles. The van der Waals surface area contributed by atoms with E-state index in [1.165, 1.54) is 0 Å². The van der Waals surface area contributed by atoms with Crippen LogP contribution in [0, 0.1) is 5.41 Å². The molecule has 0 spiro atoms. The van der Waals surface area contributed by atoms with E-state index in [4.69, 9.17) is 0 Å². The van der Waals surface area contributed by atoms with Gasteiger partial charge in [0.15, 0.2) is 0 Å². The summed E-state index contributed by atoms with van der Waals surface area (Å²) in [5, 5.41) is 0. The van der Waals surface area contributed by atoms with Crippen LogP contribution in [0.5, 0.6) is 0 Å². The monoisotopic (exact) mass is 153 g/mol. The fourth-order valence-electron chi connectivity index (χ4n) is 1.49. The Balaban J connectivity index is 2.80. The first-order valence-electron chi connectivity index (χ1n) is 4.04. The fraction of sp³-hybridized carbons (Fsp3) is 0.778. The maximum absolute atomic E-state index is 11.0. The SMILES string of the molecule is CN=C1CC(=O)CCC1(C)C. The summed E-state index contributed by atoms with van der Waals surface area (Å²) in [6.45, 7) is 4.31. The minimum atomic E-state index is 0.155. The Bertz CT molecular complexity index is 204. The molecule has 1 rings (SSSR count). The minimum Gasteiger partial charge on any atom is -0.299 e. The van der Waals surface area contributed by atoms with Crippen molar-refractivity contribution in [3.05, 3.63) is 0 Å². The van der Waals surface area contributed by atoms with Gasteiger partial charge in [-0.3, -0.25) is 9.79 Å². The van der Waals surface area contributed by atoms with Crippen molar-refractivity contribution in [1.29, 1.82) is 0 Å². The van der Waals surface area contributed by atoms with Gasteiger partial charge in [-0.2, -0.15) is 0 Å². The van der Waals surface area contributed by atoms with Crippen molar-refractivity contribution in [3.63, 3.8) is 0 Å². The maximum atomic E-state index is 11.0. The van der Waals surface area contributed by atoms with Crippen molar-refractivity contribution in [2.24, 2.45) is 10.4 Å². The second kappa shape index (κ2) is 2.76. The zero-order valence-corrected chi connectivity index (χ0v) is 7.48. The predicted molar refractivity (Wildman–Crippen MR) is 46.0 cm³/mol. The number of hydrogen-bond acceptors (Lipinski definition) is 2. The van der Waals surface area contributed by atoms with E-state index in [1.807, 2.05) is 0 Å². The summed E-state index contributed by atoms with van der Waals surface area (Å²) in [4.78, 5) is 15.2. The highest BCUT2D eigenvalue weighted by Crippen LogP contribution is 2.31. The van der Waals surface area contributed by atoms with Gasteiger partial charge in [0.1, 0.15) is 5.78 Å². The van der Waals surface area contributed by atoms with Crippen LogP contribution in [0.2, 0.25) is 0 Å². The number of nitrogens with zero attached hydrogens (tertiary/aromatic N) is 1. The van der Waals surface area contributed by atoms with Crippen molar-refractivity contribution in [3.8, 4) is 0 Å². The lowest BCUT2D eigenvalue weighted by Gasteiger charge is -2.30. The lowest BCUT2D eigenvalue weighted by atomic mass is 9.75. The minimum absolute atomic E-state index is 0.155. The number of carbonyl (C=O) groups excluding carboxylic acids is 1. The van der Waals surface area contributed by atoms with Gasteiger partial charge in [-0.05, 0) is 6.42 Å². The average Bonchev–Trinajstić information content (AvgIpc) is 1.94. The molecular formula is C9H15NO. The van der Waals surface area contributed by atoms with Crippen LogP contribution >= 0.6 is 0 Å². The standard InChI is InChI=1S/C9H15NO/c1-9(2)5-4-7(11)6-8(9)10-3/h4-6H2,1-3H3. The van der Waals surface area contributed by atoms with Crippen LogP contribution in [0.3, 0.4) is 0 Å². The Hall–Kier alpha value is -0.660. The number of hydrogen-bond donors (Lipinski definition) is 0. The Morgan fingerprint density at radius 2 is 2.09 bits per heavy atom. The molecule has 0 aliphatic heterocycles. The quantitative estimate of drug-likeness (QED) is 0.522. The summed E-state index contributed by atoms with van der Waals surface area (Å²) in [6, 6.07) is 0. The fourth-order valence-corrected chi connectivity index (χ4v) is 1.49. The summed E-state index contributed by atoms with van der Waals surface area (Å²) in [6.07, 6.45) is 2.26. The zero-order chi connectivity index (χ0) is 8.48. The molecule has 0 N–H and O–H groups in total. The van der Waals surface area contributed by atoms with Crippen LogP contribution < -0.4 is 0 Å². The van der Waals surface area contributed by atoms with E-state index in [0.717, 1.165) is 18.6 Å². The molecule has 2 nitrogen and oxygen atoms in total. The number of Topliss-reactive ketones (excluding diaryl/α,β-unsaturated/α-hetero) is 1. The zero-order valence-electron chi connectivity index (χ0n) is 7.48. The molecule has 11 heavy (non-hydrogen) atoms. The summed E-state index contributed by atoms with van der Waals surface area (Å²) < 4.78 is 0. The molecule has 0 heterocycles. The van der Waals surface area contributed by atoms with Gasteiger partial charge >= 0.3 is 0 Å². The van der Waals surface area contributed by atoms with Crippen molar-refractivity contribution >= 4 is 11.5 Å². The van der Waals surface area contributed by atoms with Crippen LogP contribution in [-0.2, 0) is 4.79 Å². The van der Waals surface area contributed by atoms with E-state index < -0.39 is 0 Å². The van der Waals surface area contributed by atoms with Crippen molar-refractivity contribution in [1.82, 2.24) is 0 Å². The van der Waals surface area contributed by atoms with Crippen LogP contribution in [0.15, 0.2) is 4.99 Å². The number of rotatable bonds is 0. The highest BCUT2D eigenvalue weighted by molar-refractivity contribution is 6.06. The largest absolute Gasteiger partial charge is 0.299 e. The molecule has 0 unspecified atom stereocenters. The van der Waals surface area contributed by atoms with Crippen LogP contribution in [0.1, 0.15) is 33.1 Å². The molecule has 2 heteroatoms. The van der Waals surface area contributed by atoms with Gasteiger partial charge in [-0.15, -0.1) is 0 Å². The molecule has 0 amide bonds. The van der Waals surface area contributed by atoms with Gasteiger partial charge in [0, 0.05) is 31.0 Å². The van der Waals surface area contributed by atoms with E-state index in [1.54, 1.807) is 7.05 Å². The molecule has 0 atom stereocenters. The maximum Gasteiger partial charge on any atom is 0.138 e. The number of ketones is 1. The average molecular weight is 153 g/mol. The number of carbonyl (C=O) groups is 1. The Morgan fingerprint density at radius 3 is 2.55 bits per heavy atom. The van der Waals surface area contributed by atoms with Crippen LogP contribution in [0.4, 0.5) is 0 Å². The summed E-state index contributed by atoms with van der Waals surface area (Å²) in [7, 11) is 1.77. The highest BCUT2D eigenvalue weighted by Gasteiger charge is 2.31. The smallest absolute Gasteiger partial charge is 0.138 e. The predicted octanol–water partition coefficient (Wildman–Crippen LogP) is 1.84. The van der Waals surface area contributed by atoms with E-state index in [0.29, 0.717) is 12.2 Å². The Morgan fingerprint density at radius 1 is 1.45 bits per heavy atom. The van der Waals surface area contributed by atoms with Gasteiger partial charge in [0.05, 0.1) is 0 Å². The first kappa shape index (κ1) is 8.44. The van der Waals surface area contributed by atoms with Gasteiger partial charge < -0.3 is 0 Å². The normalized spacial score (nSPS) is 27.5. The third-order valence-electron chi connectivity index (χ3n) is 2.44. The van der Waals surface area contributed by atoms with Crippen molar-refractivity contribution in [2.75, 3.05) is 7.05 Å². The Kier molecular flexibility index (Phi) is 2.12. The van der Waals surface area contributed by atoms with Gasteiger partial charge in [0.2, 0.25) is 0 Å². The molecule has 1 aliphatic rings. The van der Waals surface area contributed by atoms with Crippen molar-refractivity contribution in [2.45, 2.75) is 33.1 Å². The summed E-state index contributed by atoms with van der Waals surface area (Å²) in [5.41, 5.74) is 1.22. The topological polar surface area (TPSA) is 29.4 Å². The molecule has 0 aromatic heterocycles. The van der Waals surface area contributed by atoms with E-state index in [-0.39, 0.29) is 5.41 Å². The van der Waals surface area contributed by atoms with E-state index in [9.17, 15) is 4.79 Å². The first-order valence-corrected chi connectivity index (χ1v) is 4.04. The van der Waals surface area contributed by atoms with Crippen molar-refractivity contribution < 1.29 is 4.79 Å². The summed E-state index contributed by atoms with van der Waals surface area (Å²) >= 11 is 0. The third kappa shape index (κ3) is 1.67. The molecule has 0 saturated heterocycles. The third-order valence-corrected chi connectivity index (χ3v) is 2.44. The van der Waals surface area contributed by atoms with Crippen LogP contribution in [0.25, 0.3) is 0 Å².